The molecule has 8 heteroatoms. The number of ether oxygens (including phenoxy) is 1. The highest BCUT2D eigenvalue weighted by atomic mass is 35.5. The van der Waals surface area contributed by atoms with Crippen molar-refractivity contribution >= 4 is 23.2 Å². The second kappa shape index (κ2) is 9.30. The molecule has 1 aliphatic rings. The van der Waals surface area contributed by atoms with E-state index >= 15 is 0 Å². The van der Waals surface area contributed by atoms with Crippen molar-refractivity contribution in [1.82, 2.24) is 14.5 Å². The van der Waals surface area contributed by atoms with E-state index in [0.29, 0.717) is 27.1 Å². The number of H-pyrrole nitrogens is 1. The lowest BCUT2D eigenvalue weighted by Gasteiger charge is -2.33. The zero-order valence-corrected chi connectivity index (χ0v) is 18.6. The molecule has 0 spiro atoms. The standard InChI is InChI=1S/C23H23Cl2N3O3/c1-15-12-28(23(30)26-22(15)29)19-5-3-7-27(14-19)13-16-4-2-6-20(8-16)31-21-10-17(24)9-18(25)11-21/h2,4,6,8-12,19H,3,5,7,13-14H2,1H3,(H,26,29,30)/t19-/m0/s1. The Hall–Kier alpha value is -2.54. The normalized spacial score (nSPS) is 16.9. The minimum Gasteiger partial charge on any atom is -0.457 e. The van der Waals surface area contributed by atoms with Crippen LogP contribution in [0.4, 0.5) is 0 Å². The molecule has 1 atom stereocenters. The second-order valence-corrected chi connectivity index (χ2v) is 8.74. The molecule has 2 aromatic carbocycles. The molecule has 1 fully saturated rings. The molecule has 162 valence electrons. The first-order chi connectivity index (χ1) is 14.9. The van der Waals surface area contributed by atoms with E-state index in [1.54, 1.807) is 35.9 Å². The van der Waals surface area contributed by atoms with Gasteiger partial charge in [0.15, 0.2) is 0 Å². The van der Waals surface area contributed by atoms with E-state index in [-0.39, 0.29) is 17.3 Å². The Kier molecular flexibility index (Phi) is 6.51. The predicted octanol–water partition coefficient (Wildman–Crippen LogP) is 4.78. The van der Waals surface area contributed by atoms with Crippen LogP contribution in [0.2, 0.25) is 10.0 Å². The Bertz CT molecular complexity index is 1180. The number of nitrogens with zero attached hydrogens (tertiary/aromatic N) is 2. The highest BCUT2D eigenvalue weighted by Gasteiger charge is 2.22. The van der Waals surface area contributed by atoms with E-state index in [2.05, 4.69) is 16.0 Å². The van der Waals surface area contributed by atoms with E-state index in [1.165, 1.54) is 0 Å². The number of aryl methyl sites for hydroxylation is 1. The van der Waals surface area contributed by atoms with Gasteiger partial charge in [-0.3, -0.25) is 19.2 Å². The molecule has 1 saturated heterocycles. The summed E-state index contributed by atoms with van der Waals surface area (Å²) in [6.45, 7) is 4.14. The van der Waals surface area contributed by atoms with Gasteiger partial charge in [-0.25, -0.2) is 4.79 Å². The van der Waals surface area contributed by atoms with Crippen LogP contribution in [0.25, 0.3) is 0 Å². The van der Waals surface area contributed by atoms with Gasteiger partial charge >= 0.3 is 5.69 Å². The van der Waals surface area contributed by atoms with E-state index in [1.807, 2.05) is 18.2 Å². The molecule has 1 aliphatic heterocycles. The van der Waals surface area contributed by atoms with E-state index in [9.17, 15) is 9.59 Å². The highest BCUT2D eigenvalue weighted by Crippen LogP contribution is 2.29. The third-order valence-electron chi connectivity index (χ3n) is 5.40. The summed E-state index contributed by atoms with van der Waals surface area (Å²) in [6, 6.07) is 13.0. The average Bonchev–Trinajstić information content (AvgIpc) is 2.70. The summed E-state index contributed by atoms with van der Waals surface area (Å²) in [5.74, 6) is 1.29. The molecule has 0 unspecified atom stereocenters. The van der Waals surface area contributed by atoms with E-state index < -0.39 is 0 Å². The number of aromatic amines is 1. The van der Waals surface area contributed by atoms with Gasteiger partial charge in [0, 0.05) is 34.9 Å². The Morgan fingerprint density at radius 2 is 1.87 bits per heavy atom. The number of rotatable bonds is 5. The van der Waals surface area contributed by atoms with Gasteiger partial charge in [0.1, 0.15) is 11.5 Å². The minimum absolute atomic E-state index is 0.0323. The number of aromatic nitrogens is 2. The van der Waals surface area contributed by atoms with Crippen LogP contribution in [0.1, 0.15) is 30.0 Å². The molecular formula is C23H23Cl2N3O3. The number of hydrogen-bond acceptors (Lipinski definition) is 4. The number of benzene rings is 2. The summed E-state index contributed by atoms with van der Waals surface area (Å²) in [6.07, 6.45) is 3.55. The summed E-state index contributed by atoms with van der Waals surface area (Å²) in [4.78, 5) is 28.7. The number of likely N-dealkylation sites (tertiary alicyclic amines) is 1. The quantitative estimate of drug-likeness (QED) is 0.595. The van der Waals surface area contributed by atoms with Gasteiger partial charge in [0.25, 0.3) is 5.56 Å². The van der Waals surface area contributed by atoms with Gasteiger partial charge in [-0.1, -0.05) is 35.3 Å². The number of piperidine rings is 1. The van der Waals surface area contributed by atoms with Gasteiger partial charge in [-0.05, 0) is 62.2 Å². The van der Waals surface area contributed by atoms with E-state index in [4.69, 9.17) is 27.9 Å². The zero-order valence-electron chi connectivity index (χ0n) is 17.1. The van der Waals surface area contributed by atoms with E-state index in [0.717, 1.165) is 38.0 Å². The van der Waals surface area contributed by atoms with Gasteiger partial charge in [0.2, 0.25) is 0 Å². The maximum absolute atomic E-state index is 12.3. The van der Waals surface area contributed by atoms with Crippen molar-refractivity contribution in [3.8, 4) is 11.5 Å². The Balaban J connectivity index is 1.47. The van der Waals surface area contributed by atoms with Crippen LogP contribution in [-0.4, -0.2) is 27.5 Å². The van der Waals surface area contributed by atoms with Crippen molar-refractivity contribution in [2.45, 2.75) is 32.4 Å². The lowest BCUT2D eigenvalue weighted by molar-refractivity contribution is 0.167. The largest absolute Gasteiger partial charge is 0.457 e. The van der Waals surface area contributed by atoms with Gasteiger partial charge in [0.05, 0.1) is 6.04 Å². The molecule has 3 aromatic rings. The van der Waals surface area contributed by atoms with Crippen LogP contribution < -0.4 is 16.0 Å². The predicted molar refractivity (Wildman–Crippen MR) is 123 cm³/mol. The van der Waals surface area contributed by atoms with Crippen molar-refractivity contribution in [1.29, 1.82) is 0 Å². The zero-order chi connectivity index (χ0) is 22.0. The molecule has 1 N–H and O–H groups in total. The van der Waals surface area contributed by atoms with Crippen LogP contribution in [0.5, 0.6) is 11.5 Å². The first-order valence-corrected chi connectivity index (χ1v) is 10.9. The van der Waals surface area contributed by atoms with Crippen LogP contribution in [0, 0.1) is 6.92 Å². The molecule has 0 amide bonds. The molecule has 31 heavy (non-hydrogen) atoms. The fourth-order valence-electron chi connectivity index (χ4n) is 3.95. The first kappa shape index (κ1) is 21.7. The number of hydrogen-bond donors (Lipinski definition) is 1. The Morgan fingerprint density at radius 3 is 2.65 bits per heavy atom. The Labute approximate surface area is 190 Å². The van der Waals surface area contributed by atoms with Crippen LogP contribution in [-0.2, 0) is 6.54 Å². The van der Waals surface area contributed by atoms with Crippen molar-refractivity contribution in [3.05, 3.63) is 90.7 Å². The highest BCUT2D eigenvalue weighted by molar-refractivity contribution is 6.34. The maximum Gasteiger partial charge on any atom is 0.328 e. The second-order valence-electron chi connectivity index (χ2n) is 7.86. The monoisotopic (exact) mass is 459 g/mol. The summed E-state index contributed by atoms with van der Waals surface area (Å²) >= 11 is 12.1. The molecule has 0 radical (unpaired) electrons. The Morgan fingerprint density at radius 1 is 1.10 bits per heavy atom. The lowest BCUT2D eigenvalue weighted by atomic mass is 10.0. The molecule has 0 aliphatic carbocycles. The third kappa shape index (κ3) is 5.39. The van der Waals surface area contributed by atoms with Crippen molar-refractivity contribution in [2.75, 3.05) is 13.1 Å². The topological polar surface area (TPSA) is 67.3 Å². The maximum atomic E-state index is 12.3. The minimum atomic E-state index is -0.349. The van der Waals surface area contributed by atoms with Gasteiger partial charge in [-0.2, -0.15) is 0 Å². The SMILES string of the molecule is Cc1cn([C@H]2CCCN(Cc3cccc(Oc4cc(Cl)cc(Cl)c4)c3)C2)c(=O)[nH]c1=O. The fourth-order valence-corrected chi connectivity index (χ4v) is 4.45. The van der Waals surface area contributed by atoms with Crippen molar-refractivity contribution < 1.29 is 4.74 Å². The first-order valence-electron chi connectivity index (χ1n) is 10.1. The van der Waals surface area contributed by atoms with Crippen LogP contribution in [0.15, 0.2) is 58.3 Å². The van der Waals surface area contributed by atoms with Crippen molar-refractivity contribution in [2.24, 2.45) is 0 Å². The summed E-state index contributed by atoms with van der Waals surface area (Å²) in [5, 5.41) is 1.04. The summed E-state index contributed by atoms with van der Waals surface area (Å²) < 4.78 is 7.59. The fraction of sp³-hybridized carbons (Fsp3) is 0.304. The lowest BCUT2D eigenvalue weighted by Crippen LogP contribution is -2.41. The van der Waals surface area contributed by atoms with Gasteiger partial charge < -0.3 is 4.74 Å². The number of nitrogens with one attached hydrogen (secondary N) is 1. The molecular weight excluding hydrogens is 437 g/mol. The van der Waals surface area contributed by atoms with Crippen LogP contribution in [0.3, 0.4) is 0 Å². The molecule has 0 saturated carbocycles. The summed E-state index contributed by atoms with van der Waals surface area (Å²) in [7, 11) is 0. The molecule has 4 rings (SSSR count). The molecule has 6 nitrogen and oxygen atoms in total. The van der Waals surface area contributed by atoms with Crippen molar-refractivity contribution in [3.63, 3.8) is 0 Å². The molecule has 1 aromatic heterocycles. The average molecular weight is 460 g/mol. The van der Waals surface area contributed by atoms with Gasteiger partial charge in [-0.15, -0.1) is 0 Å². The molecule has 0 bridgehead atoms. The third-order valence-corrected chi connectivity index (χ3v) is 5.83. The van der Waals surface area contributed by atoms with Crippen LogP contribution >= 0.6 is 23.2 Å². The smallest absolute Gasteiger partial charge is 0.328 e. The summed E-state index contributed by atoms with van der Waals surface area (Å²) in [5.41, 5.74) is 0.976. The number of halogens is 2. The molecule has 2 heterocycles.